The second kappa shape index (κ2) is 6.04. The summed E-state index contributed by atoms with van der Waals surface area (Å²) in [5.41, 5.74) is 0.679. The summed E-state index contributed by atoms with van der Waals surface area (Å²) in [6.45, 7) is 0. The maximum absolute atomic E-state index is 11.0. The highest BCUT2D eigenvalue weighted by atomic mass is 35.5. The van der Waals surface area contributed by atoms with E-state index in [-0.39, 0.29) is 4.90 Å². The van der Waals surface area contributed by atoms with Gasteiger partial charge in [0.2, 0.25) is 0 Å². The summed E-state index contributed by atoms with van der Waals surface area (Å²) in [6, 6.07) is 12.6. The van der Waals surface area contributed by atoms with Crippen LogP contribution in [0.3, 0.4) is 0 Å². The Morgan fingerprint density at radius 3 is 2.39 bits per heavy atom. The first-order valence-electron chi connectivity index (χ1n) is 6.48. The molecule has 0 aliphatic rings. The number of benzene rings is 2. The van der Waals surface area contributed by atoms with Crippen LogP contribution in [0.2, 0.25) is 5.02 Å². The van der Waals surface area contributed by atoms with Crippen molar-refractivity contribution in [3.8, 4) is 17.2 Å². The number of nitrogens with zero attached hydrogens (tertiary/aromatic N) is 2. The Balaban J connectivity index is 1.92. The molecule has 0 bridgehead atoms. The van der Waals surface area contributed by atoms with Gasteiger partial charge in [-0.1, -0.05) is 23.7 Å². The fourth-order valence-electron chi connectivity index (χ4n) is 1.97. The van der Waals surface area contributed by atoms with Crippen LogP contribution in [0.25, 0.3) is 5.69 Å². The van der Waals surface area contributed by atoms with Crippen LogP contribution < -0.4 is 4.74 Å². The molecule has 3 aromatic rings. The van der Waals surface area contributed by atoms with E-state index in [9.17, 15) is 8.42 Å². The smallest absolute Gasteiger partial charge is 0.294 e. The molecule has 0 amide bonds. The first-order valence-corrected chi connectivity index (χ1v) is 8.30. The normalized spacial score (nSPS) is 11.4. The number of para-hydroxylation sites is 2. The van der Waals surface area contributed by atoms with Crippen LogP contribution >= 0.6 is 11.6 Å². The fraction of sp³-hybridized carbons (Fsp3) is 0. The molecule has 0 spiro atoms. The molecular formula is C15H11ClN2O4S. The van der Waals surface area contributed by atoms with E-state index >= 15 is 0 Å². The average molecular weight is 351 g/mol. The Bertz CT molecular complexity index is 936. The highest BCUT2D eigenvalue weighted by Gasteiger charge is 2.11. The van der Waals surface area contributed by atoms with Crippen LogP contribution in [-0.2, 0) is 10.1 Å². The molecule has 0 atom stereocenters. The number of halogens is 1. The van der Waals surface area contributed by atoms with Gasteiger partial charge in [0.05, 0.1) is 16.1 Å². The molecule has 1 aromatic heterocycles. The van der Waals surface area contributed by atoms with E-state index in [0.717, 1.165) is 0 Å². The van der Waals surface area contributed by atoms with Gasteiger partial charge in [0, 0.05) is 6.20 Å². The van der Waals surface area contributed by atoms with Gasteiger partial charge in [0.25, 0.3) is 10.1 Å². The van der Waals surface area contributed by atoms with Gasteiger partial charge in [-0.15, -0.1) is 0 Å². The second-order valence-electron chi connectivity index (χ2n) is 4.62. The average Bonchev–Trinajstić information content (AvgIpc) is 2.94. The lowest BCUT2D eigenvalue weighted by Crippen LogP contribution is -1.99. The van der Waals surface area contributed by atoms with E-state index < -0.39 is 10.1 Å². The van der Waals surface area contributed by atoms with Crippen molar-refractivity contribution in [3.05, 3.63) is 65.9 Å². The van der Waals surface area contributed by atoms with Crippen LogP contribution in [0.1, 0.15) is 0 Å². The van der Waals surface area contributed by atoms with Gasteiger partial charge in [-0.2, -0.15) is 13.5 Å². The highest BCUT2D eigenvalue weighted by molar-refractivity contribution is 7.85. The number of hydrogen-bond acceptors (Lipinski definition) is 4. The Morgan fingerprint density at radius 2 is 1.78 bits per heavy atom. The third-order valence-corrected chi connectivity index (χ3v) is 4.08. The molecule has 23 heavy (non-hydrogen) atoms. The van der Waals surface area contributed by atoms with E-state index in [1.54, 1.807) is 23.0 Å². The molecule has 0 aliphatic heterocycles. The van der Waals surface area contributed by atoms with Crippen molar-refractivity contribution < 1.29 is 17.7 Å². The maximum atomic E-state index is 11.0. The minimum absolute atomic E-state index is 0.197. The van der Waals surface area contributed by atoms with Gasteiger partial charge < -0.3 is 4.74 Å². The third-order valence-electron chi connectivity index (χ3n) is 3.01. The molecule has 0 fully saturated rings. The lowest BCUT2D eigenvalue weighted by molar-refractivity contribution is 0.475. The molecule has 0 aliphatic carbocycles. The number of aromatic nitrogens is 2. The zero-order chi connectivity index (χ0) is 16.4. The summed E-state index contributed by atoms with van der Waals surface area (Å²) in [7, 11) is -4.23. The van der Waals surface area contributed by atoms with E-state index in [0.29, 0.717) is 22.2 Å². The lowest BCUT2D eigenvalue weighted by atomic mass is 10.3. The lowest BCUT2D eigenvalue weighted by Gasteiger charge is -2.11. The summed E-state index contributed by atoms with van der Waals surface area (Å²) in [5.74, 6) is 0.940. The van der Waals surface area contributed by atoms with Gasteiger partial charge in [-0.25, -0.2) is 4.68 Å². The van der Waals surface area contributed by atoms with Crippen LogP contribution in [0.5, 0.6) is 11.5 Å². The first kappa shape index (κ1) is 15.5. The van der Waals surface area contributed by atoms with E-state index in [4.69, 9.17) is 20.9 Å². The van der Waals surface area contributed by atoms with Crippen molar-refractivity contribution in [1.82, 2.24) is 9.78 Å². The zero-order valence-corrected chi connectivity index (χ0v) is 13.2. The topological polar surface area (TPSA) is 81.4 Å². The largest absolute Gasteiger partial charge is 0.455 e. The van der Waals surface area contributed by atoms with Gasteiger partial charge in [-0.3, -0.25) is 4.55 Å². The zero-order valence-electron chi connectivity index (χ0n) is 11.6. The Kier molecular flexibility index (Phi) is 4.08. The quantitative estimate of drug-likeness (QED) is 0.727. The van der Waals surface area contributed by atoms with E-state index in [1.165, 1.54) is 30.5 Å². The molecule has 6 nitrogen and oxygen atoms in total. The van der Waals surface area contributed by atoms with Gasteiger partial charge in [-0.05, 0) is 36.4 Å². The molecule has 118 valence electrons. The number of rotatable bonds is 4. The minimum atomic E-state index is -4.23. The first-order chi connectivity index (χ1) is 10.9. The molecule has 0 unspecified atom stereocenters. The Morgan fingerprint density at radius 1 is 1.09 bits per heavy atom. The summed E-state index contributed by atoms with van der Waals surface area (Å²) >= 11 is 5.88. The number of ether oxygens (including phenoxy) is 1. The van der Waals surface area contributed by atoms with Crippen molar-refractivity contribution in [2.45, 2.75) is 4.90 Å². The Hall–Kier alpha value is -2.35. The van der Waals surface area contributed by atoms with Gasteiger partial charge in [0.1, 0.15) is 11.4 Å². The van der Waals surface area contributed by atoms with Crippen molar-refractivity contribution in [1.29, 1.82) is 0 Å². The molecule has 3 rings (SSSR count). The molecule has 1 N–H and O–H groups in total. The van der Waals surface area contributed by atoms with Crippen molar-refractivity contribution >= 4 is 21.7 Å². The van der Waals surface area contributed by atoms with Gasteiger partial charge >= 0.3 is 0 Å². The molecule has 1 heterocycles. The minimum Gasteiger partial charge on any atom is -0.455 e. The van der Waals surface area contributed by atoms with Crippen LogP contribution in [0.15, 0.2) is 65.8 Å². The van der Waals surface area contributed by atoms with Gasteiger partial charge in [0.15, 0.2) is 5.75 Å². The molecule has 2 aromatic carbocycles. The maximum Gasteiger partial charge on any atom is 0.294 e. The summed E-state index contributed by atoms with van der Waals surface area (Å²) in [4.78, 5) is -0.197. The van der Waals surface area contributed by atoms with Crippen molar-refractivity contribution in [2.24, 2.45) is 0 Å². The molecule has 8 heteroatoms. The van der Waals surface area contributed by atoms with E-state index in [2.05, 4.69) is 5.10 Å². The highest BCUT2D eigenvalue weighted by Crippen LogP contribution is 2.29. The van der Waals surface area contributed by atoms with Crippen LogP contribution in [-0.4, -0.2) is 22.8 Å². The predicted octanol–water partition coefficient (Wildman–Crippen LogP) is 3.56. The van der Waals surface area contributed by atoms with Crippen molar-refractivity contribution in [2.75, 3.05) is 0 Å². The standard InChI is InChI=1S/C15H11ClN2O4S/c16-11-9-17-18(10-11)14-3-1-2-4-15(14)22-12-5-7-13(8-6-12)23(19,20)21/h1-10H,(H,19,20,21). The van der Waals surface area contributed by atoms with Crippen molar-refractivity contribution in [3.63, 3.8) is 0 Å². The summed E-state index contributed by atoms with van der Waals surface area (Å²) in [5, 5.41) is 4.62. The molecule has 0 saturated carbocycles. The fourth-order valence-corrected chi connectivity index (χ4v) is 2.59. The predicted molar refractivity (Wildman–Crippen MR) is 84.9 cm³/mol. The Labute approximate surface area is 137 Å². The summed E-state index contributed by atoms with van der Waals surface area (Å²) in [6.07, 6.45) is 3.16. The molecule has 0 radical (unpaired) electrons. The molecular weight excluding hydrogens is 340 g/mol. The SMILES string of the molecule is O=S(=O)(O)c1ccc(Oc2ccccc2-n2cc(Cl)cn2)cc1. The second-order valence-corrected chi connectivity index (χ2v) is 6.48. The van der Waals surface area contributed by atoms with E-state index in [1.807, 2.05) is 12.1 Å². The monoisotopic (exact) mass is 350 g/mol. The van der Waals surface area contributed by atoms with Crippen LogP contribution in [0, 0.1) is 0 Å². The summed E-state index contributed by atoms with van der Waals surface area (Å²) < 4.78 is 38.4. The van der Waals surface area contributed by atoms with Crippen LogP contribution in [0.4, 0.5) is 0 Å². The third kappa shape index (κ3) is 3.53. The molecule has 0 saturated heterocycles. The number of hydrogen-bond donors (Lipinski definition) is 1.